The van der Waals surface area contributed by atoms with Gasteiger partial charge in [0.1, 0.15) is 5.82 Å². The van der Waals surface area contributed by atoms with E-state index in [0.717, 1.165) is 11.4 Å². The second kappa shape index (κ2) is 7.36. The molecule has 0 spiro atoms. The molecule has 7 nitrogen and oxygen atoms in total. The molecule has 0 bridgehead atoms. The lowest BCUT2D eigenvalue weighted by molar-refractivity contribution is 0.265. The van der Waals surface area contributed by atoms with E-state index >= 15 is 0 Å². The summed E-state index contributed by atoms with van der Waals surface area (Å²) >= 11 is 0. The Balaban J connectivity index is 1.81. The lowest BCUT2D eigenvalue weighted by Gasteiger charge is -2.32. The Morgan fingerprint density at radius 3 is 2.35 bits per heavy atom. The van der Waals surface area contributed by atoms with Gasteiger partial charge in [-0.2, -0.15) is 5.10 Å². The number of benzene rings is 1. The maximum atomic E-state index is 12.6. The minimum absolute atomic E-state index is 0.0199. The molecule has 1 fully saturated rings. The maximum absolute atomic E-state index is 12.6. The largest absolute Gasteiger partial charge is 0.345 e. The Hall–Kier alpha value is -1.93. The molecule has 0 radical (unpaired) electrons. The van der Waals surface area contributed by atoms with Gasteiger partial charge in [-0.1, -0.05) is 30.3 Å². The van der Waals surface area contributed by atoms with Crippen LogP contribution >= 0.6 is 0 Å². The highest BCUT2D eigenvalue weighted by Crippen LogP contribution is 2.25. The average molecular weight is 378 g/mol. The third-order valence-electron chi connectivity index (χ3n) is 4.98. The molecular weight excluding hydrogens is 352 g/mol. The molecule has 0 aliphatic carbocycles. The fraction of sp³-hybridized carbons (Fsp3) is 0.556. The summed E-state index contributed by atoms with van der Waals surface area (Å²) in [4.78, 5) is 12.6. The summed E-state index contributed by atoms with van der Waals surface area (Å²) in [6.07, 6.45) is 1.83. The predicted octanol–water partition coefficient (Wildman–Crippen LogP) is 1.55. The molecular formula is C18H26N4O3S. The van der Waals surface area contributed by atoms with Crippen molar-refractivity contribution in [2.75, 3.05) is 13.1 Å². The summed E-state index contributed by atoms with van der Waals surface area (Å²) in [5.41, 5.74) is 0.959. The number of aryl methyl sites for hydroxylation is 1. The Bertz CT molecular complexity index is 908. The molecule has 0 saturated carbocycles. The van der Waals surface area contributed by atoms with Gasteiger partial charge in [0.15, 0.2) is 0 Å². The summed E-state index contributed by atoms with van der Waals surface area (Å²) in [7, 11) is -1.59. The fourth-order valence-electron chi connectivity index (χ4n) is 3.45. The molecule has 0 N–H and O–H groups in total. The van der Waals surface area contributed by atoms with E-state index in [9.17, 15) is 13.2 Å². The first-order valence-electron chi connectivity index (χ1n) is 8.98. The molecule has 1 aromatic heterocycles. The normalized spacial score (nSPS) is 17.1. The van der Waals surface area contributed by atoms with Crippen molar-refractivity contribution in [1.29, 1.82) is 0 Å². The van der Waals surface area contributed by atoms with Crippen molar-refractivity contribution in [2.24, 2.45) is 7.05 Å². The third-order valence-corrected chi connectivity index (χ3v) is 7.25. The molecule has 142 valence electrons. The van der Waals surface area contributed by atoms with Gasteiger partial charge in [-0.15, -0.1) is 0 Å². The lowest BCUT2D eigenvalue weighted by atomic mass is 10.1. The predicted molar refractivity (Wildman–Crippen MR) is 101 cm³/mol. The van der Waals surface area contributed by atoms with Crippen LogP contribution in [0.2, 0.25) is 0 Å². The van der Waals surface area contributed by atoms with E-state index in [-0.39, 0.29) is 11.7 Å². The zero-order valence-corrected chi connectivity index (χ0v) is 16.3. The molecule has 1 saturated heterocycles. The highest BCUT2D eigenvalue weighted by Gasteiger charge is 2.32. The Morgan fingerprint density at radius 1 is 1.15 bits per heavy atom. The second-order valence-electron chi connectivity index (χ2n) is 7.08. The standard InChI is InChI=1S/C18H26N4O3S/c1-14(2)26(24,25)21-11-9-16(10-12-21)22-17(19-20(3)18(22)23)13-15-7-5-4-6-8-15/h4-8,14,16H,9-13H2,1-3H3. The lowest BCUT2D eigenvalue weighted by Crippen LogP contribution is -2.43. The van der Waals surface area contributed by atoms with Gasteiger partial charge in [0, 0.05) is 32.6 Å². The van der Waals surface area contributed by atoms with Crippen LogP contribution < -0.4 is 5.69 Å². The van der Waals surface area contributed by atoms with Crippen LogP contribution in [-0.2, 0) is 23.5 Å². The van der Waals surface area contributed by atoms with E-state index in [1.54, 1.807) is 29.8 Å². The van der Waals surface area contributed by atoms with Crippen LogP contribution in [0.3, 0.4) is 0 Å². The van der Waals surface area contributed by atoms with Gasteiger partial charge in [-0.05, 0) is 32.3 Å². The van der Waals surface area contributed by atoms with E-state index in [0.29, 0.717) is 32.4 Å². The van der Waals surface area contributed by atoms with Crippen molar-refractivity contribution in [3.05, 3.63) is 52.2 Å². The number of piperidine rings is 1. The van der Waals surface area contributed by atoms with Gasteiger partial charge in [0.05, 0.1) is 5.25 Å². The molecule has 26 heavy (non-hydrogen) atoms. The summed E-state index contributed by atoms with van der Waals surface area (Å²) in [5.74, 6) is 0.730. The Morgan fingerprint density at radius 2 is 1.77 bits per heavy atom. The third kappa shape index (κ3) is 3.61. The van der Waals surface area contributed by atoms with Crippen molar-refractivity contribution in [2.45, 2.75) is 44.4 Å². The second-order valence-corrected chi connectivity index (χ2v) is 9.57. The topological polar surface area (TPSA) is 77.2 Å². The first-order valence-corrected chi connectivity index (χ1v) is 10.5. The molecule has 1 aliphatic heterocycles. The highest BCUT2D eigenvalue weighted by molar-refractivity contribution is 7.89. The minimum Gasteiger partial charge on any atom is -0.275 e. The number of hydrogen-bond acceptors (Lipinski definition) is 4. The van der Waals surface area contributed by atoms with Crippen molar-refractivity contribution < 1.29 is 8.42 Å². The first kappa shape index (κ1) is 18.8. The maximum Gasteiger partial charge on any atom is 0.345 e. The van der Waals surface area contributed by atoms with Crippen molar-refractivity contribution in [1.82, 2.24) is 18.7 Å². The Labute approximate surface area is 154 Å². The Kier molecular flexibility index (Phi) is 5.34. The summed E-state index contributed by atoms with van der Waals surface area (Å²) in [5, 5.41) is 3.99. The molecule has 0 atom stereocenters. The molecule has 3 rings (SSSR count). The smallest absolute Gasteiger partial charge is 0.275 e. The van der Waals surface area contributed by atoms with E-state index in [1.165, 1.54) is 4.68 Å². The molecule has 1 aromatic carbocycles. The average Bonchev–Trinajstić information content (AvgIpc) is 2.89. The van der Waals surface area contributed by atoms with Gasteiger partial charge in [-0.25, -0.2) is 22.2 Å². The van der Waals surface area contributed by atoms with Crippen LogP contribution in [0.5, 0.6) is 0 Å². The molecule has 0 unspecified atom stereocenters. The van der Waals surface area contributed by atoms with E-state index in [4.69, 9.17) is 0 Å². The van der Waals surface area contributed by atoms with Crippen molar-refractivity contribution >= 4 is 10.0 Å². The van der Waals surface area contributed by atoms with Gasteiger partial charge < -0.3 is 0 Å². The monoisotopic (exact) mass is 378 g/mol. The van der Waals surface area contributed by atoms with E-state index in [2.05, 4.69) is 5.10 Å². The molecule has 8 heteroatoms. The quantitative estimate of drug-likeness (QED) is 0.791. The van der Waals surface area contributed by atoms with Gasteiger partial charge in [-0.3, -0.25) is 4.57 Å². The number of aromatic nitrogens is 3. The molecule has 2 aromatic rings. The SMILES string of the molecule is CC(C)S(=O)(=O)N1CCC(n2c(Cc3ccccc3)nn(C)c2=O)CC1. The van der Waals surface area contributed by atoms with Crippen LogP contribution in [-0.4, -0.2) is 45.4 Å². The van der Waals surface area contributed by atoms with Crippen molar-refractivity contribution in [3.8, 4) is 0 Å². The highest BCUT2D eigenvalue weighted by atomic mass is 32.2. The number of sulfonamides is 1. The number of nitrogens with zero attached hydrogens (tertiary/aromatic N) is 4. The van der Waals surface area contributed by atoms with Gasteiger partial charge in [0.25, 0.3) is 0 Å². The number of hydrogen-bond donors (Lipinski definition) is 0. The van der Waals surface area contributed by atoms with Crippen LogP contribution in [0.15, 0.2) is 35.1 Å². The molecule has 0 amide bonds. The first-order chi connectivity index (χ1) is 12.3. The van der Waals surface area contributed by atoms with Crippen LogP contribution in [0.4, 0.5) is 0 Å². The van der Waals surface area contributed by atoms with E-state index < -0.39 is 15.3 Å². The van der Waals surface area contributed by atoms with Gasteiger partial charge in [0.2, 0.25) is 10.0 Å². The summed E-state index contributed by atoms with van der Waals surface area (Å²) < 4.78 is 29.4. The fourth-order valence-corrected chi connectivity index (χ4v) is 4.77. The number of rotatable bonds is 5. The molecule has 1 aliphatic rings. The van der Waals surface area contributed by atoms with Crippen LogP contribution in [0.25, 0.3) is 0 Å². The van der Waals surface area contributed by atoms with Crippen molar-refractivity contribution in [3.63, 3.8) is 0 Å². The minimum atomic E-state index is -3.24. The zero-order valence-electron chi connectivity index (χ0n) is 15.5. The van der Waals surface area contributed by atoms with Gasteiger partial charge >= 0.3 is 5.69 Å². The van der Waals surface area contributed by atoms with E-state index in [1.807, 2.05) is 30.3 Å². The summed E-state index contributed by atoms with van der Waals surface area (Å²) in [6, 6.07) is 9.91. The zero-order chi connectivity index (χ0) is 18.9. The van der Waals surface area contributed by atoms with Crippen LogP contribution in [0.1, 0.15) is 44.1 Å². The van der Waals surface area contributed by atoms with Crippen LogP contribution in [0, 0.1) is 0 Å². The molecule has 2 heterocycles. The summed E-state index contributed by atoms with van der Waals surface area (Å²) in [6.45, 7) is 4.28.